The van der Waals surface area contributed by atoms with Crippen molar-refractivity contribution < 1.29 is 0 Å². The van der Waals surface area contributed by atoms with Crippen molar-refractivity contribution >= 4 is 34.8 Å². The highest BCUT2D eigenvalue weighted by molar-refractivity contribution is 6.30. The molecule has 0 heterocycles. The first-order valence-electron chi connectivity index (χ1n) is 6.51. The number of halogens is 3. The molecule has 21 heavy (non-hydrogen) atoms. The van der Waals surface area contributed by atoms with E-state index in [2.05, 4.69) is 10.2 Å². The second kappa shape index (κ2) is 6.78. The van der Waals surface area contributed by atoms with E-state index in [9.17, 15) is 0 Å². The lowest BCUT2D eigenvalue weighted by atomic mass is 10.1. The van der Waals surface area contributed by atoms with Crippen molar-refractivity contribution in [2.45, 2.75) is 24.9 Å². The Hall–Kier alpha value is -1.09. The first kappa shape index (κ1) is 16.3. The van der Waals surface area contributed by atoms with Crippen LogP contribution in [0.2, 0.25) is 10.0 Å². The Kier molecular flexibility index (Phi) is 5.26. The first-order chi connectivity index (χ1) is 9.88. The van der Waals surface area contributed by atoms with Gasteiger partial charge in [0, 0.05) is 10.0 Å². The van der Waals surface area contributed by atoms with Crippen molar-refractivity contribution in [1.82, 2.24) is 0 Å². The summed E-state index contributed by atoms with van der Waals surface area (Å²) in [6, 6.07) is 14.7. The number of azo groups is 1. The van der Waals surface area contributed by atoms with Crippen LogP contribution in [0.25, 0.3) is 0 Å². The lowest BCUT2D eigenvalue weighted by molar-refractivity contribution is 0.612. The molecular formula is C16H15Cl3N2. The summed E-state index contributed by atoms with van der Waals surface area (Å²) in [6.07, 6.45) is 0. The fraction of sp³-hybridized carbons (Fsp3) is 0.250. The van der Waals surface area contributed by atoms with Gasteiger partial charge >= 0.3 is 0 Å². The molecule has 0 aliphatic rings. The Morgan fingerprint density at radius 3 is 1.90 bits per heavy atom. The van der Waals surface area contributed by atoms with Gasteiger partial charge in [0.1, 0.15) is 0 Å². The van der Waals surface area contributed by atoms with Crippen LogP contribution in [0.1, 0.15) is 31.0 Å². The van der Waals surface area contributed by atoms with E-state index in [1.807, 2.05) is 43.3 Å². The largest absolute Gasteiger partial charge is 0.184 e. The minimum Gasteiger partial charge on any atom is -0.184 e. The zero-order valence-corrected chi connectivity index (χ0v) is 14.0. The summed E-state index contributed by atoms with van der Waals surface area (Å²) in [5.41, 5.74) is 1.88. The molecule has 2 unspecified atom stereocenters. The summed E-state index contributed by atoms with van der Waals surface area (Å²) < 4.78 is 0. The number of hydrogen-bond acceptors (Lipinski definition) is 2. The Labute approximate surface area is 139 Å². The van der Waals surface area contributed by atoms with Crippen molar-refractivity contribution in [1.29, 1.82) is 0 Å². The second-order valence-corrected chi connectivity index (χ2v) is 6.51. The fourth-order valence-electron chi connectivity index (χ4n) is 1.81. The minimum absolute atomic E-state index is 0.0901. The summed E-state index contributed by atoms with van der Waals surface area (Å²) in [5.74, 6) is 0. The maximum Gasteiger partial charge on any atom is 0.176 e. The molecule has 0 radical (unpaired) electrons. The lowest BCUT2D eigenvalue weighted by Gasteiger charge is -2.17. The van der Waals surface area contributed by atoms with Crippen LogP contribution < -0.4 is 0 Å². The van der Waals surface area contributed by atoms with E-state index in [-0.39, 0.29) is 6.04 Å². The zero-order chi connectivity index (χ0) is 15.5. The van der Waals surface area contributed by atoms with E-state index >= 15 is 0 Å². The molecule has 2 aromatic carbocycles. The second-order valence-electron chi connectivity index (χ2n) is 4.90. The number of benzene rings is 2. The van der Waals surface area contributed by atoms with Crippen LogP contribution in [0.4, 0.5) is 0 Å². The Balaban J connectivity index is 2.15. The van der Waals surface area contributed by atoms with Crippen LogP contribution in [0.5, 0.6) is 0 Å². The smallest absolute Gasteiger partial charge is 0.176 e. The number of alkyl halides is 1. The molecule has 2 rings (SSSR count). The predicted octanol–water partition coefficient (Wildman–Crippen LogP) is 6.62. The summed E-state index contributed by atoms with van der Waals surface area (Å²) in [5, 5.41) is 9.95. The average molecular weight is 342 g/mol. The van der Waals surface area contributed by atoms with Crippen molar-refractivity contribution in [2.24, 2.45) is 10.2 Å². The fourth-order valence-corrected chi connectivity index (χ4v) is 2.24. The van der Waals surface area contributed by atoms with Gasteiger partial charge in [-0.1, -0.05) is 59.1 Å². The van der Waals surface area contributed by atoms with Crippen LogP contribution in [-0.2, 0) is 5.00 Å². The molecular weight excluding hydrogens is 327 g/mol. The molecule has 0 N–H and O–H groups in total. The predicted molar refractivity (Wildman–Crippen MR) is 89.4 cm³/mol. The van der Waals surface area contributed by atoms with Gasteiger partial charge in [-0.05, 0) is 49.2 Å². The Morgan fingerprint density at radius 1 is 0.905 bits per heavy atom. The molecule has 5 heteroatoms. The topological polar surface area (TPSA) is 24.7 Å². The molecule has 0 saturated heterocycles. The maximum absolute atomic E-state index is 6.45. The highest BCUT2D eigenvalue weighted by Crippen LogP contribution is 2.32. The van der Waals surface area contributed by atoms with Gasteiger partial charge in [-0.25, -0.2) is 0 Å². The molecule has 2 atom stereocenters. The molecule has 0 saturated carbocycles. The van der Waals surface area contributed by atoms with Crippen LogP contribution in [0, 0.1) is 0 Å². The highest BCUT2D eigenvalue weighted by atomic mass is 35.5. The zero-order valence-electron chi connectivity index (χ0n) is 11.7. The highest BCUT2D eigenvalue weighted by Gasteiger charge is 2.23. The minimum atomic E-state index is -0.911. The van der Waals surface area contributed by atoms with Crippen molar-refractivity contribution in [3.05, 3.63) is 69.7 Å². The summed E-state index contributed by atoms with van der Waals surface area (Å²) >= 11 is 18.2. The number of rotatable bonds is 4. The quantitative estimate of drug-likeness (QED) is 0.339. The van der Waals surface area contributed by atoms with Crippen molar-refractivity contribution in [2.75, 3.05) is 0 Å². The van der Waals surface area contributed by atoms with Crippen LogP contribution in [-0.4, -0.2) is 0 Å². The van der Waals surface area contributed by atoms with Gasteiger partial charge in [-0.3, -0.25) is 0 Å². The Bertz CT molecular complexity index is 619. The molecule has 2 aromatic rings. The Morgan fingerprint density at radius 2 is 1.38 bits per heavy atom. The normalized spacial score (nSPS) is 15.9. The lowest BCUT2D eigenvalue weighted by Crippen LogP contribution is -2.09. The van der Waals surface area contributed by atoms with Crippen LogP contribution >= 0.6 is 34.8 Å². The monoisotopic (exact) mass is 340 g/mol. The van der Waals surface area contributed by atoms with E-state index in [0.717, 1.165) is 11.1 Å². The van der Waals surface area contributed by atoms with Crippen LogP contribution in [0.3, 0.4) is 0 Å². The molecule has 0 fully saturated rings. The summed E-state index contributed by atoms with van der Waals surface area (Å²) in [6.45, 7) is 3.76. The van der Waals surface area contributed by atoms with E-state index in [1.165, 1.54) is 0 Å². The van der Waals surface area contributed by atoms with Crippen molar-refractivity contribution in [3.63, 3.8) is 0 Å². The molecule has 0 aliphatic carbocycles. The standard InChI is InChI=1S/C16H15Cl3N2/c1-11(12-3-7-14(17)8-4-12)20-21-16(2,19)13-5-9-15(18)10-6-13/h3-11H,1-2H3/b21-20+. The maximum atomic E-state index is 6.45. The SMILES string of the molecule is CC(/N=N/C(C)(Cl)c1ccc(Cl)cc1)c1ccc(Cl)cc1. The molecule has 0 amide bonds. The number of nitrogens with zero attached hydrogens (tertiary/aromatic N) is 2. The van der Waals surface area contributed by atoms with Gasteiger partial charge in [-0.15, -0.1) is 0 Å². The molecule has 110 valence electrons. The molecule has 0 spiro atoms. The van der Waals surface area contributed by atoms with Gasteiger partial charge in [0.2, 0.25) is 0 Å². The summed E-state index contributed by atoms with van der Waals surface area (Å²) in [4.78, 5) is -0.911. The molecule has 0 bridgehead atoms. The van der Waals surface area contributed by atoms with Gasteiger partial charge in [-0.2, -0.15) is 10.2 Å². The van der Waals surface area contributed by atoms with E-state index < -0.39 is 5.00 Å². The van der Waals surface area contributed by atoms with Gasteiger partial charge in [0.25, 0.3) is 0 Å². The van der Waals surface area contributed by atoms with Gasteiger partial charge in [0.05, 0.1) is 6.04 Å². The summed E-state index contributed by atoms with van der Waals surface area (Å²) in [7, 11) is 0. The van der Waals surface area contributed by atoms with Gasteiger partial charge in [0.15, 0.2) is 5.00 Å². The average Bonchev–Trinajstić information content (AvgIpc) is 2.46. The first-order valence-corrected chi connectivity index (χ1v) is 7.64. The third-order valence-corrected chi connectivity index (χ3v) is 3.94. The molecule has 2 nitrogen and oxygen atoms in total. The number of hydrogen-bond donors (Lipinski definition) is 0. The van der Waals surface area contributed by atoms with E-state index in [4.69, 9.17) is 34.8 Å². The third kappa shape index (κ3) is 4.44. The van der Waals surface area contributed by atoms with E-state index in [0.29, 0.717) is 10.0 Å². The van der Waals surface area contributed by atoms with Gasteiger partial charge < -0.3 is 0 Å². The van der Waals surface area contributed by atoms with E-state index in [1.54, 1.807) is 19.1 Å². The molecule has 0 aliphatic heterocycles. The van der Waals surface area contributed by atoms with Crippen LogP contribution in [0.15, 0.2) is 58.8 Å². The molecule has 0 aromatic heterocycles. The van der Waals surface area contributed by atoms with Crippen molar-refractivity contribution in [3.8, 4) is 0 Å². The third-order valence-electron chi connectivity index (χ3n) is 3.14.